The molecule has 0 bridgehead atoms. The van der Waals surface area contributed by atoms with Crippen molar-refractivity contribution in [2.45, 2.75) is 38.5 Å². The van der Waals surface area contributed by atoms with Gasteiger partial charge in [-0.25, -0.2) is 4.79 Å². The Bertz CT molecular complexity index is 785. The summed E-state index contributed by atoms with van der Waals surface area (Å²) in [6.07, 6.45) is -4.80. The molecule has 26 heavy (non-hydrogen) atoms. The number of hydrogen-bond donors (Lipinski definition) is 1. The number of H-pyrrole nitrogens is 1. The van der Waals surface area contributed by atoms with Gasteiger partial charge in [-0.3, -0.25) is 5.10 Å². The third-order valence-corrected chi connectivity index (χ3v) is 4.09. The fraction of sp³-hybridized carbons (Fsp3) is 0.444. The molecule has 1 aliphatic heterocycles. The van der Waals surface area contributed by atoms with Gasteiger partial charge >= 0.3 is 12.3 Å². The summed E-state index contributed by atoms with van der Waals surface area (Å²) in [5.74, 6) is 0.198. The number of aromatic nitrogens is 2. The Kier molecular flexibility index (Phi) is 4.46. The molecule has 2 aromatic rings. The van der Waals surface area contributed by atoms with E-state index in [0.29, 0.717) is 24.3 Å². The predicted molar refractivity (Wildman–Crippen MR) is 89.6 cm³/mol. The monoisotopic (exact) mass is 367 g/mol. The molecular formula is C18H20F3N3O2. The number of nitrogens with one attached hydrogen (secondary N) is 1. The summed E-state index contributed by atoms with van der Waals surface area (Å²) < 4.78 is 43.2. The number of ether oxygens (including phenoxy) is 1. The van der Waals surface area contributed by atoms with Gasteiger partial charge in [-0.1, -0.05) is 24.3 Å². The number of alkyl halides is 3. The highest BCUT2D eigenvalue weighted by molar-refractivity contribution is 5.69. The average molecular weight is 367 g/mol. The third-order valence-electron chi connectivity index (χ3n) is 4.09. The molecule has 0 aliphatic carbocycles. The van der Waals surface area contributed by atoms with Crippen molar-refractivity contribution in [3.63, 3.8) is 0 Å². The minimum atomic E-state index is -4.47. The van der Waals surface area contributed by atoms with Gasteiger partial charge in [0.15, 0.2) is 5.69 Å². The van der Waals surface area contributed by atoms with Crippen molar-refractivity contribution in [3.8, 4) is 11.3 Å². The summed E-state index contributed by atoms with van der Waals surface area (Å²) in [6, 6.07) is 8.21. The van der Waals surface area contributed by atoms with E-state index in [1.807, 2.05) is 32.9 Å². The maximum atomic E-state index is 12.6. The molecule has 1 aromatic carbocycles. The summed E-state index contributed by atoms with van der Waals surface area (Å²) in [6.45, 7) is 6.59. The number of aromatic amines is 1. The quantitative estimate of drug-likeness (QED) is 0.854. The number of nitrogens with zero attached hydrogens (tertiary/aromatic N) is 2. The minimum absolute atomic E-state index is 0.198. The van der Waals surface area contributed by atoms with Crippen LogP contribution in [-0.2, 0) is 10.9 Å². The summed E-state index contributed by atoms with van der Waals surface area (Å²) >= 11 is 0. The first kappa shape index (κ1) is 18.3. The number of hydrogen-bond acceptors (Lipinski definition) is 3. The molecular weight excluding hydrogens is 347 g/mol. The van der Waals surface area contributed by atoms with Crippen LogP contribution >= 0.6 is 0 Å². The lowest BCUT2D eigenvalue weighted by Gasteiger charge is -2.40. The van der Waals surface area contributed by atoms with Gasteiger partial charge in [-0.2, -0.15) is 18.3 Å². The van der Waals surface area contributed by atoms with Gasteiger partial charge in [0.05, 0.1) is 5.69 Å². The van der Waals surface area contributed by atoms with Crippen molar-refractivity contribution in [1.82, 2.24) is 15.1 Å². The summed E-state index contributed by atoms with van der Waals surface area (Å²) in [5.41, 5.74) is 0.504. The van der Waals surface area contributed by atoms with Crippen LogP contribution in [0.3, 0.4) is 0 Å². The fourth-order valence-electron chi connectivity index (χ4n) is 2.71. The van der Waals surface area contributed by atoms with Crippen LogP contribution in [0.1, 0.15) is 37.9 Å². The van der Waals surface area contributed by atoms with Crippen molar-refractivity contribution in [2.75, 3.05) is 13.1 Å². The molecule has 1 N–H and O–H groups in total. The van der Waals surface area contributed by atoms with Crippen LogP contribution in [0.15, 0.2) is 30.3 Å². The number of benzene rings is 1. The van der Waals surface area contributed by atoms with Gasteiger partial charge in [-0.15, -0.1) is 0 Å². The Labute approximate surface area is 149 Å². The largest absolute Gasteiger partial charge is 0.444 e. The normalized spacial score (nSPS) is 15.7. The Balaban J connectivity index is 1.61. The van der Waals surface area contributed by atoms with Crippen molar-refractivity contribution in [1.29, 1.82) is 0 Å². The zero-order chi connectivity index (χ0) is 19.1. The SMILES string of the molecule is CC(C)(C)OC(=O)N1CC(c2ccc(-c3cc(C(F)(F)F)n[nH]3)cc2)C1. The van der Waals surface area contributed by atoms with Crippen LogP contribution in [0.4, 0.5) is 18.0 Å². The predicted octanol–water partition coefficient (Wildman–Crippen LogP) is 4.43. The standard InChI is InChI=1S/C18H20F3N3O2/c1-17(2,3)26-16(25)24-9-13(10-24)11-4-6-12(7-5-11)14-8-15(23-22-14)18(19,20)21/h4-8,13H,9-10H2,1-3H3,(H,22,23). The molecule has 1 fully saturated rings. The number of carbonyl (C=O) groups excluding carboxylic acids is 1. The van der Waals surface area contributed by atoms with Crippen LogP contribution in [0, 0.1) is 0 Å². The minimum Gasteiger partial charge on any atom is -0.444 e. The van der Waals surface area contributed by atoms with E-state index in [1.165, 1.54) is 0 Å². The fourth-order valence-corrected chi connectivity index (χ4v) is 2.71. The van der Waals surface area contributed by atoms with E-state index in [9.17, 15) is 18.0 Å². The topological polar surface area (TPSA) is 58.2 Å². The van der Waals surface area contributed by atoms with Gasteiger partial charge in [0, 0.05) is 19.0 Å². The highest BCUT2D eigenvalue weighted by Gasteiger charge is 2.35. The molecule has 8 heteroatoms. The average Bonchev–Trinajstić information content (AvgIpc) is 2.94. The van der Waals surface area contributed by atoms with Gasteiger partial charge in [0.2, 0.25) is 0 Å². The highest BCUT2D eigenvalue weighted by atomic mass is 19.4. The third kappa shape index (κ3) is 4.00. The molecule has 2 heterocycles. The second-order valence-electron chi connectivity index (χ2n) is 7.37. The van der Waals surface area contributed by atoms with E-state index >= 15 is 0 Å². The lowest BCUT2D eigenvalue weighted by molar-refractivity contribution is -0.141. The molecule has 1 aromatic heterocycles. The smallest absolute Gasteiger partial charge is 0.435 e. The molecule has 0 radical (unpaired) electrons. The zero-order valence-electron chi connectivity index (χ0n) is 14.7. The lowest BCUT2D eigenvalue weighted by atomic mass is 9.91. The van der Waals surface area contributed by atoms with Gasteiger partial charge in [0.25, 0.3) is 0 Å². The molecule has 0 saturated carbocycles. The van der Waals surface area contributed by atoms with Crippen LogP contribution in [0.5, 0.6) is 0 Å². The Hall–Kier alpha value is -2.51. The number of halogens is 3. The second kappa shape index (κ2) is 6.34. The van der Waals surface area contributed by atoms with Gasteiger partial charge in [-0.05, 0) is 38.0 Å². The summed E-state index contributed by atoms with van der Waals surface area (Å²) in [7, 11) is 0. The summed E-state index contributed by atoms with van der Waals surface area (Å²) in [5, 5.41) is 5.71. The van der Waals surface area contributed by atoms with Gasteiger partial charge < -0.3 is 9.64 Å². The van der Waals surface area contributed by atoms with E-state index < -0.39 is 17.5 Å². The van der Waals surface area contributed by atoms with Crippen molar-refractivity contribution >= 4 is 6.09 Å². The van der Waals surface area contributed by atoms with Crippen molar-refractivity contribution in [3.05, 3.63) is 41.6 Å². The molecule has 0 spiro atoms. The second-order valence-corrected chi connectivity index (χ2v) is 7.37. The molecule has 3 rings (SSSR count). The van der Waals surface area contributed by atoms with E-state index in [2.05, 4.69) is 10.2 Å². The molecule has 1 saturated heterocycles. The first-order valence-electron chi connectivity index (χ1n) is 8.24. The number of carbonyl (C=O) groups is 1. The number of amides is 1. The first-order chi connectivity index (χ1) is 12.0. The van der Waals surface area contributed by atoms with Crippen LogP contribution in [0.2, 0.25) is 0 Å². The van der Waals surface area contributed by atoms with Crippen LogP contribution in [-0.4, -0.2) is 39.9 Å². The lowest BCUT2D eigenvalue weighted by Crippen LogP contribution is -2.50. The maximum Gasteiger partial charge on any atom is 0.435 e. The first-order valence-corrected chi connectivity index (χ1v) is 8.24. The molecule has 1 amide bonds. The number of likely N-dealkylation sites (tertiary alicyclic amines) is 1. The Morgan fingerprint density at radius 1 is 1.19 bits per heavy atom. The molecule has 5 nitrogen and oxygen atoms in total. The van der Waals surface area contributed by atoms with Crippen molar-refractivity contribution in [2.24, 2.45) is 0 Å². The van der Waals surface area contributed by atoms with Crippen LogP contribution in [0.25, 0.3) is 11.3 Å². The van der Waals surface area contributed by atoms with Crippen LogP contribution < -0.4 is 0 Å². The summed E-state index contributed by atoms with van der Waals surface area (Å²) in [4.78, 5) is 13.6. The molecule has 0 atom stereocenters. The Morgan fingerprint density at radius 2 is 1.81 bits per heavy atom. The number of rotatable bonds is 2. The zero-order valence-corrected chi connectivity index (χ0v) is 14.7. The Morgan fingerprint density at radius 3 is 2.31 bits per heavy atom. The molecule has 140 valence electrons. The van der Waals surface area contributed by atoms with Gasteiger partial charge in [0.1, 0.15) is 5.60 Å². The maximum absolute atomic E-state index is 12.6. The van der Waals surface area contributed by atoms with E-state index in [0.717, 1.165) is 11.6 Å². The van der Waals surface area contributed by atoms with Crippen molar-refractivity contribution < 1.29 is 22.7 Å². The molecule has 0 unspecified atom stereocenters. The molecule has 1 aliphatic rings. The van der Waals surface area contributed by atoms with E-state index in [1.54, 1.807) is 17.0 Å². The highest BCUT2D eigenvalue weighted by Crippen LogP contribution is 2.32. The van der Waals surface area contributed by atoms with E-state index in [4.69, 9.17) is 4.74 Å². The van der Waals surface area contributed by atoms with E-state index in [-0.39, 0.29) is 12.0 Å².